The first kappa shape index (κ1) is 9.54. The van der Waals surface area contributed by atoms with Crippen molar-refractivity contribution in [1.82, 2.24) is 10.2 Å². The van der Waals surface area contributed by atoms with Gasteiger partial charge in [0, 0.05) is 12.0 Å². The van der Waals surface area contributed by atoms with Gasteiger partial charge in [0.1, 0.15) is 5.01 Å². The second-order valence-corrected chi connectivity index (χ2v) is 4.56. The van der Waals surface area contributed by atoms with Gasteiger partial charge in [-0.2, -0.15) is 0 Å². The highest BCUT2D eigenvalue weighted by atomic mass is 32.1. The molecule has 14 heavy (non-hydrogen) atoms. The predicted molar refractivity (Wildman–Crippen MR) is 49.7 cm³/mol. The minimum absolute atomic E-state index is 0.0492. The van der Waals surface area contributed by atoms with E-state index in [1.807, 2.05) is 6.92 Å². The van der Waals surface area contributed by atoms with Crippen LogP contribution < -0.4 is 0 Å². The zero-order valence-electron chi connectivity index (χ0n) is 7.69. The van der Waals surface area contributed by atoms with Gasteiger partial charge in [0.25, 0.3) is 0 Å². The summed E-state index contributed by atoms with van der Waals surface area (Å²) >= 11 is 1.14. The van der Waals surface area contributed by atoms with Gasteiger partial charge in [0.15, 0.2) is 0 Å². The van der Waals surface area contributed by atoms with Gasteiger partial charge in [-0.05, 0) is 6.42 Å². The molecule has 0 spiro atoms. The summed E-state index contributed by atoms with van der Waals surface area (Å²) in [6.07, 6.45) is 0.876. The molecule has 6 heteroatoms. The van der Waals surface area contributed by atoms with Gasteiger partial charge in [0.2, 0.25) is 5.01 Å². The van der Waals surface area contributed by atoms with E-state index in [2.05, 4.69) is 10.2 Å². The molecule has 0 aromatic carbocycles. The lowest BCUT2D eigenvalue weighted by atomic mass is 9.91. The average Bonchev–Trinajstić information content (AvgIpc) is 2.71. The van der Waals surface area contributed by atoms with E-state index in [0.717, 1.165) is 22.8 Å². The molecular formula is C8H10N2O3S. The Labute approximate surface area is 84.7 Å². The molecule has 2 heterocycles. The van der Waals surface area contributed by atoms with Crippen molar-refractivity contribution < 1.29 is 14.6 Å². The highest BCUT2D eigenvalue weighted by Crippen LogP contribution is 2.34. The summed E-state index contributed by atoms with van der Waals surface area (Å²) in [4.78, 5) is 10.6. The number of carbonyl (C=O) groups is 1. The topological polar surface area (TPSA) is 72.3 Å². The third-order valence-corrected chi connectivity index (χ3v) is 3.56. The number of hydrogen-bond acceptors (Lipinski definition) is 5. The second kappa shape index (κ2) is 3.29. The Kier molecular flexibility index (Phi) is 2.24. The third kappa shape index (κ3) is 1.51. The van der Waals surface area contributed by atoms with Crippen LogP contribution in [0, 0.1) is 0 Å². The molecule has 1 aliphatic heterocycles. The molecule has 1 aromatic rings. The quantitative estimate of drug-likeness (QED) is 0.792. The molecule has 5 nitrogen and oxygen atoms in total. The fraction of sp³-hybridized carbons (Fsp3) is 0.625. The molecule has 1 unspecified atom stereocenters. The van der Waals surface area contributed by atoms with Crippen molar-refractivity contribution in [3.63, 3.8) is 0 Å². The molecule has 0 saturated carbocycles. The molecule has 0 amide bonds. The number of hydrogen-bond donors (Lipinski definition) is 1. The van der Waals surface area contributed by atoms with Gasteiger partial charge < -0.3 is 9.84 Å². The molecule has 1 atom stereocenters. The SMILES string of the molecule is CC1(c2nnc(C(=O)O)s2)CCOC1. The first-order valence-corrected chi connectivity index (χ1v) is 5.08. The Morgan fingerprint density at radius 2 is 2.43 bits per heavy atom. The smallest absolute Gasteiger partial charge is 0.367 e. The molecule has 0 bridgehead atoms. The molecule has 1 saturated heterocycles. The summed E-state index contributed by atoms with van der Waals surface area (Å²) in [5.74, 6) is -1.02. The van der Waals surface area contributed by atoms with E-state index >= 15 is 0 Å². The lowest BCUT2D eigenvalue weighted by molar-refractivity contribution is 0.0695. The van der Waals surface area contributed by atoms with E-state index in [1.165, 1.54) is 0 Å². The van der Waals surface area contributed by atoms with Crippen molar-refractivity contribution in [1.29, 1.82) is 0 Å². The standard InChI is InChI=1S/C8H10N2O3S/c1-8(2-3-13-4-8)7-10-9-5(14-7)6(11)12/h2-4H2,1H3,(H,11,12). The molecule has 1 fully saturated rings. The summed E-state index contributed by atoms with van der Waals surface area (Å²) in [6, 6.07) is 0. The van der Waals surface area contributed by atoms with Crippen molar-refractivity contribution in [2.45, 2.75) is 18.8 Å². The lowest BCUT2D eigenvalue weighted by Crippen LogP contribution is -2.21. The summed E-state index contributed by atoms with van der Waals surface area (Å²) in [5, 5.41) is 17.0. The molecule has 1 aromatic heterocycles. The maximum absolute atomic E-state index is 10.6. The number of carboxylic acid groups (broad SMARTS) is 1. The molecular weight excluding hydrogens is 204 g/mol. The zero-order chi connectivity index (χ0) is 10.2. The second-order valence-electron chi connectivity index (χ2n) is 3.58. The van der Waals surface area contributed by atoms with Crippen LogP contribution in [0.25, 0.3) is 0 Å². The number of nitrogens with zero attached hydrogens (tertiary/aromatic N) is 2. The van der Waals surface area contributed by atoms with Crippen molar-refractivity contribution in [2.24, 2.45) is 0 Å². The zero-order valence-corrected chi connectivity index (χ0v) is 8.50. The fourth-order valence-corrected chi connectivity index (χ4v) is 2.23. The van der Waals surface area contributed by atoms with E-state index < -0.39 is 5.97 Å². The van der Waals surface area contributed by atoms with E-state index in [9.17, 15) is 4.79 Å². The van der Waals surface area contributed by atoms with E-state index in [0.29, 0.717) is 13.2 Å². The molecule has 76 valence electrons. The highest BCUT2D eigenvalue weighted by Gasteiger charge is 2.35. The normalized spacial score (nSPS) is 26.6. The summed E-state index contributed by atoms with van der Waals surface area (Å²) in [6.45, 7) is 3.33. The van der Waals surface area contributed by atoms with Crippen LogP contribution >= 0.6 is 11.3 Å². The minimum atomic E-state index is -1.02. The fourth-order valence-electron chi connectivity index (χ4n) is 1.39. The van der Waals surface area contributed by atoms with Crippen LogP contribution in [-0.2, 0) is 10.2 Å². The van der Waals surface area contributed by atoms with Crippen molar-refractivity contribution in [3.05, 3.63) is 10.0 Å². The number of rotatable bonds is 2. The summed E-state index contributed by atoms with van der Waals surface area (Å²) in [5.41, 5.74) is -0.147. The van der Waals surface area contributed by atoms with Crippen molar-refractivity contribution in [3.8, 4) is 0 Å². The number of ether oxygens (including phenoxy) is 1. The minimum Gasteiger partial charge on any atom is -0.476 e. The molecule has 0 aliphatic carbocycles. The summed E-state index contributed by atoms with van der Waals surface area (Å²) in [7, 11) is 0. The maximum atomic E-state index is 10.6. The Morgan fingerprint density at radius 3 is 2.93 bits per heavy atom. The molecule has 1 N–H and O–H groups in total. The number of aromatic nitrogens is 2. The van der Waals surface area contributed by atoms with Gasteiger partial charge in [-0.3, -0.25) is 0 Å². The van der Waals surface area contributed by atoms with Crippen LogP contribution in [0.2, 0.25) is 0 Å². The van der Waals surface area contributed by atoms with Gasteiger partial charge >= 0.3 is 5.97 Å². The van der Waals surface area contributed by atoms with Gasteiger partial charge in [0.05, 0.1) is 6.61 Å². The Morgan fingerprint density at radius 1 is 1.64 bits per heavy atom. The first-order valence-electron chi connectivity index (χ1n) is 4.27. The van der Waals surface area contributed by atoms with Crippen LogP contribution in [0.1, 0.15) is 28.2 Å². The van der Waals surface area contributed by atoms with Crippen LogP contribution in [0.5, 0.6) is 0 Å². The summed E-state index contributed by atoms with van der Waals surface area (Å²) < 4.78 is 5.28. The number of carboxylic acids is 1. The largest absolute Gasteiger partial charge is 0.476 e. The van der Waals surface area contributed by atoms with Gasteiger partial charge in [-0.25, -0.2) is 4.79 Å². The first-order chi connectivity index (χ1) is 6.62. The molecule has 2 rings (SSSR count). The van der Waals surface area contributed by atoms with Crippen molar-refractivity contribution in [2.75, 3.05) is 13.2 Å². The van der Waals surface area contributed by atoms with Crippen LogP contribution in [0.15, 0.2) is 0 Å². The van der Waals surface area contributed by atoms with Crippen molar-refractivity contribution >= 4 is 17.3 Å². The lowest BCUT2D eigenvalue weighted by Gasteiger charge is -2.16. The Balaban J connectivity index is 2.28. The van der Waals surface area contributed by atoms with E-state index in [4.69, 9.17) is 9.84 Å². The Hall–Kier alpha value is -1.01. The van der Waals surface area contributed by atoms with Gasteiger partial charge in [-0.15, -0.1) is 10.2 Å². The Bertz CT molecular complexity index is 357. The van der Waals surface area contributed by atoms with Crippen LogP contribution in [-0.4, -0.2) is 34.5 Å². The van der Waals surface area contributed by atoms with Crippen LogP contribution in [0.3, 0.4) is 0 Å². The van der Waals surface area contributed by atoms with E-state index in [1.54, 1.807) is 0 Å². The maximum Gasteiger partial charge on any atom is 0.367 e. The molecule has 0 radical (unpaired) electrons. The third-order valence-electron chi connectivity index (χ3n) is 2.34. The highest BCUT2D eigenvalue weighted by molar-refractivity contribution is 7.13. The van der Waals surface area contributed by atoms with Gasteiger partial charge in [-0.1, -0.05) is 18.3 Å². The van der Waals surface area contributed by atoms with Crippen LogP contribution in [0.4, 0.5) is 0 Å². The average molecular weight is 214 g/mol. The van der Waals surface area contributed by atoms with E-state index in [-0.39, 0.29) is 10.4 Å². The number of aromatic carboxylic acids is 1. The monoisotopic (exact) mass is 214 g/mol. The molecule has 1 aliphatic rings. The predicted octanol–water partition coefficient (Wildman–Crippen LogP) is 0.914.